The van der Waals surface area contributed by atoms with Gasteiger partial charge in [0.2, 0.25) is 5.91 Å². The Kier molecular flexibility index (Phi) is 9.70. The summed E-state index contributed by atoms with van der Waals surface area (Å²) in [6.07, 6.45) is 15.6. The van der Waals surface area contributed by atoms with Crippen molar-refractivity contribution in [2.45, 2.75) is 103 Å². The minimum atomic E-state index is -1.15. The standard InChI is InChI=1S/C37H49N3O6/c1-6-37(45)19-16-29-27-13-12-25-21-26(14-17-35(25,4)28(27)15-18-36(29,37)5)40-46-22-31(41)39-32(23(2)3)33(42)38-30(34(43)44)20-24-10-8-7-9-11-24/h1,7-11,21,23,27-30,32,45H,12-20,22H2,2-5H3,(H,38,42)(H,39,41)(H,43,44)/b40-26-/t27-,28+,29-,30+,32+,35+,36+,37-/m1/s1. The van der Waals surface area contributed by atoms with Crippen molar-refractivity contribution in [2.24, 2.45) is 39.7 Å². The van der Waals surface area contributed by atoms with Gasteiger partial charge in [0.25, 0.3) is 5.91 Å². The van der Waals surface area contributed by atoms with E-state index in [-0.39, 0.29) is 29.8 Å². The summed E-state index contributed by atoms with van der Waals surface area (Å²) >= 11 is 0. The smallest absolute Gasteiger partial charge is 0.326 e. The number of nitrogens with one attached hydrogen (secondary N) is 2. The van der Waals surface area contributed by atoms with Gasteiger partial charge in [-0.1, -0.05) is 74.7 Å². The zero-order valence-corrected chi connectivity index (χ0v) is 27.6. The van der Waals surface area contributed by atoms with Crippen molar-refractivity contribution in [1.82, 2.24) is 10.6 Å². The molecule has 0 aliphatic heterocycles. The minimum absolute atomic E-state index is 0.0731. The number of oxime groups is 1. The van der Waals surface area contributed by atoms with E-state index >= 15 is 0 Å². The maximum Gasteiger partial charge on any atom is 0.326 e. The van der Waals surface area contributed by atoms with E-state index in [1.54, 1.807) is 26.0 Å². The second kappa shape index (κ2) is 13.2. The molecule has 0 radical (unpaired) electrons. The summed E-state index contributed by atoms with van der Waals surface area (Å²) in [4.78, 5) is 43.2. The second-order valence-corrected chi connectivity index (χ2v) is 14.7. The summed E-state index contributed by atoms with van der Waals surface area (Å²) in [5.41, 5.74) is 1.84. The number of rotatable bonds is 10. The fourth-order valence-electron chi connectivity index (χ4n) is 9.13. The number of hydrogen-bond acceptors (Lipinski definition) is 6. The first-order chi connectivity index (χ1) is 21.8. The van der Waals surface area contributed by atoms with E-state index in [0.29, 0.717) is 24.2 Å². The van der Waals surface area contributed by atoms with E-state index in [2.05, 4.69) is 41.6 Å². The van der Waals surface area contributed by atoms with E-state index in [1.807, 2.05) is 18.2 Å². The molecule has 0 heterocycles. The van der Waals surface area contributed by atoms with Crippen LogP contribution in [0.2, 0.25) is 0 Å². The molecule has 46 heavy (non-hydrogen) atoms. The molecule has 0 unspecified atom stereocenters. The quantitative estimate of drug-likeness (QED) is 0.219. The first-order valence-corrected chi connectivity index (χ1v) is 16.8. The molecule has 8 atom stereocenters. The van der Waals surface area contributed by atoms with Crippen molar-refractivity contribution in [3.8, 4) is 12.3 Å². The number of allylic oxidation sites excluding steroid dienone is 2. The van der Waals surface area contributed by atoms with Crippen LogP contribution in [0.15, 0.2) is 47.1 Å². The minimum Gasteiger partial charge on any atom is -0.480 e. The van der Waals surface area contributed by atoms with Crippen molar-refractivity contribution >= 4 is 23.5 Å². The molecule has 5 rings (SSSR count). The predicted octanol–water partition coefficient (Wildman–Crippen LogP) is 4.64. The van der Waals surface area contributed by atoms with Crippen molar-refractivity contribution in [3.05, 3.63) is 47.5 Å². The number of amides is 2. The van der Waals surface area contributed by atoms with Gasteiger partial charge in [0.05, 0.1) is 5.71 Å². The lowest BCUT2D eigenvalue weighted by molar-refractivity contribution is -0.142. The molecule has 3 fully saturated rings. The van der Waals surface area contributed by atoms with Gasteiger partial charge in [-0.15, -0.1) is 6.42 Å². The largest absolute Gasteiger partial charge is 0.480 e. The normalized spacial score (nSPS) is 33.8. The molecule has 4 N–H and O–H groups in total. The summed E-state index contributed by atoms with van der Waals surface area (Å²) in [6, 6.07) is 7.02. The maximum absolute atomic E-state index is 13.1. The summed E-state index contributed by atoms with van der Waals surface area (Å²) in [7, 11) is 0. The predicted molar refractivity (Wildman–Crippen MR) is 175 cm³/mol. The number of carboxylic acid groups (broad SMARTS) is 1. The Morgan fingerprint density at radius 1 is 1.04 bits per heavy atom. The molecule has 0 spiro atoms. The zero-order valence-electron chi connectivity index (χ0n) is 27.6. The Balaban J connectivity index is 1.16. The molecule has 248 valence electrons. The molecule has 1 aromatic rings. The monoisotopic (exact) mass is 631 g/mol. The maximum atomic E-state index is 13.1. The molecule has 2 amide bonds. The molecule has 1 aromatic carbocycles. The second-order valence-electron chi connectivity index (χ2n) is 14.7. The van der Waals surface area contributed by atoms with Gasteiger partial charge in [-0.05, 0) is 92.1 Å². The highest BCUT2D eigenvalue weighted by atomic mass is 16.6. The van der Waals surface area contributed by atoms with Crippen LogP contribution in [0.3, 0.4) is 0 Å². The van der Waals surface area contributed by atoms with Crippen molar-refractivity contribution in [3.63, 3.8) is 0 Å². The van der Waals surface area contributed by atoms with Gasteiger partial charge in [0, 0.05) is 11.8 Å². The average molecular weight is 632 g/mol. The van der Waals surface area contributed by atoms with Gasteiger partial charge in [-0.2, -0.15) is 0 Å². The Morgan fingerprint density at radius 3 is 2.43 bits per heavy atom. The average Bonchev–Trinajstić information content (AvgIpc) is 3.30. The van der Waals surface area contributed by atoms with Crippen LogP contribution in [0, 0.1) is 46.8 Å². The number of carbonyl (C=O) groups is 3. The number of hydrogen-bond donors (Lipinski definition) is 4. The number of terminal acetylenes is 1. The SMILES string of the molecule is C#C[C@@]1(O)CC[C@@H]2[C@@H]3CCC4=C/C(=N\OCC(=O)N[C@H](C(=O)N[C@@H](Cc5ccccc5)C(=O)O)C(C)C)CC[C@]4(C)[C@H]3CC[C@@]21C. The molecule has 9 nitrogen and oxygen atoms in total. The molecule has 3 saturated carbocycles. The fourth-order valence-corrected chi connectivity index (χ4v) is 9.13. The van der Waals surface area contributed by atoms with Crippen LogP contribution in [0.4, 0.5) is 0 Å². The Morgan fingerprint density at radius 2 is 1.76 bits per heavy atom. The number of aliphatic hydroxyl groups is 1. The highest BCUT2D eigenvalue weighted by Gasteiger charge is 2.63. The molecule has 0 bridgehead atoms. The van der Waals surface area contributed by atoms with Crippen LogP contribution < -0.4 is 10.6 Å². The number of fused-ring (bicyclic) bond motifs is 5. The molecular formula is C37H49N3O6. The number of nitrogens with zero attached hydrogens (tertiary/aromatic N) is 1. The number of carboxylic acids is 1. The first-order valence-electron chi connectivity index (χ1n) is 16.8. The Bertz CT molecular complexity index is 1430. The van der Waals surface area contributed by atoms with E-state index in [4.69, 9.17) is 11.3 Å². The lowest BCUT2D eigenvalue weighted by atomic mass is 9.46. The number of benzene rings is 1. The van der Waals surface area contributed by atoms with Crippen LogP contribution in [-0.2, 0) is 25.6 Å². The van der Waals surface area contributed by atoms with Gasteiger partial charge in [-0.3, -0.25) is 9.59 Å². The van der Waals surface area contributed by atoms with E-state index in [9.17, 15) is 24.6 Å². The third-order valence-electron chi connectivity index (χ3n) is 11.9. The summed E-state index contributed by atoms with van der Waals surface area (Å²) in [6.45, 7) is 7.82. The van der Waals surface area contributed by atoms with Crippen LogP contribution in [-0.4, -0.2) is 58.0 Å². The fraction of sp³-hybridized carbons (Fsp3) is 0.622. The van der Waals surface area contributed by atoms with Crippen molar-refractivity contribution < 1.29 is 29.4 Å². The molecule has 9 heteroatoms. The van der Waals surface area contributed by atoms with Crippen LogP contribution in [0.25, 0.3) is 0 Å². The number of carbonyl (C=O) groups excluding carboxylic acids is 2. The number of aliphatic carboxylic acids is 1. The van der Waals surface area contributed by atoms with Crippen molar-refractivity contribution in [1.29, 1.82) is 0 Å². The van der Waals surface area contributed by atoms with Crippen molar-refractivity contribution in [2.75, 3.05) is 6.61 Å². The Hall–Kier alpha value is -3.64. The van der Waals surface area contributed by atoms with Gasteiger partial charge in [-0.25, -0.2) is 4.79 Å². The van der Waals surface area contributed by atoms with Gasteiger partial charge in [0.1, 0.15) is 17.7 Å². The summed E-state index contributed by atoms with van der Waals surface area (Å²) in [5, 5.41) is 30.5. The topological polar surface area (TPSA) is 137 Å². The summed E-state index contributed by atoms with van der Waals surface area (Å²) < 4.78 is 0. The third kappa shape index (κ3) is 6.33. The lowest BCUT2D eigenvalue weighted by Gasteiger charge is -2.58. The lowest BCUT2D eigenvalue weighted by Crippen LogP contribution is -2.54. The Labute approximate surface area is 272 Å². The van der Waals surface area contributed by atoms with Gasteiger partial charge >= 0.3 is 5.97 Å². The van der Waals surface area contributed by atoms with E-state index in [0.717, 1.165) is 56.2 Å². The van der Waals surface area contributed by atoms with Crippen LogP contribution >= 0.6 is 0 Å². The first kappa shape index (κ1) is 33.7. The van der Waals surface area contributed by atoms with E-state index < -0.39 is 35.5 Å². The zero-order chi connectivity index (χ0) is 33.3. The van der Waals surface area contributed by atoms with Crippen LogP contribution in [0.5, 0.6) is 0 Å². The highest BCUT2D eigenvalue weighted by molar-refractivity contribution is 5.96. The molecule has 4 aliphatic rings. The molecule has 4 aliphatic carbocycles. The van der Waals surface area contributed by atoms with E-state index in [1.165, 1.54) is 5.57 Å². The third-order valence-corrected chi connectivity index (χ3v) is 11.9. The van der Waals surface area contributed by atoms with Gasteiger partial charge in [0.15, 0.2) is 6.61 Å². The van der Waals surface area contributed by atoms with Gasteiger partial charge < -0.3 is 25.7 Å². The van der Waals surface area contributed by atoms with Crippen LogP contribution in [0.1, 0.15) is 84.6 Å². The molecule has 0 aromatic heterocycles. The summed E-state index contributed by atoms with van der Waals surface area (Å²) in [5.74, 6) is 1.81. The molecule has 0 saturated heterocycles. The molecular weight excluding hydrogens is 582 g/mol. The highest BCUT2D eigenvalue weighted by Crippen LogP contribution is 2.67.